The molecular weight excluding hydrogens is 260 g/mol. The Morgan fingerprint density at radius 2 is 1.81 bits per heavy atom. The summed E-state index contributed by atoms with van der Waals surface area (Å²) in [5, 5.41) is 8.78. The summed E-state index contributed by atoms with van der Waals surface area (Å²) < 4.78 is 0. The van der Waals surface area contributed by atoms with Crippen molar-refractivity contribution in [3.8, 4) is 17.2 Å². The fourth-order valence-electron chi connectivity index (χ4n) is 2.68. The maximum absolute atomic E-state index is 8.78. The molecule has 0 aliphatic carbocycles. The lowest BCUT2D eigenvalue weighted by molar-refractivity contribution is 0.568. The van der Waals surface area contributed by atoms with Crippen LogP contribution in [0, 0.1) is 11.3 Å². The van der Waals surface area contributed by atoms with Crippen LogP contribution < -0.4 is 4.90 Å². The van der Waals surface area contributed by atoms with E-state index in [0.717, 1.165) is 35.7 Å². The maximum Gasteiger partial charge on any atom is 0.225 e. The van der Waals surface area contributed by atoms with Gasteiger partial charge in [0.25, 0.3) is 0 Å². The largest absolute Gasteiger partial charge is 0.341 e. The first kappa shape index (κ1) is 13.6. The monoisotopic (exact) mass is 278 g/mol. The van der Waals surface area contributed by atoms with Gasteiger partial charge in [-0.1, -0.05) is 24.3 Å². The molecule has 0 N–H and O–H groups in total. The van der Waals surface area contributed by atoms with E-state index in [2.05, 4.69) is 20.9 Å². The van der Waals surface area contributed by atoms with Gasteiger partial charge in [0.05, 0.1) is 12.5 Å². The summed E-state index contributed by atoms with van der Waals surface area (Å²) in [7, 11) is 0. The average Bonchev–Trinajstić information content (AvgIpc) is 2.56. The lowest BCUT2D eigenvalue weighted by atomic mass is 10.0. The molecule has 0 amide bonds. The molecule has 0 radical (unpaired) electrons. The van der Waals surface area contributed by atoms with Crippen molar-refractivity contribution in [2.45, 2.75) is 25.7 Å². The second-order valence-corrected chi connectivity index (χ2v) is 5.35. The maximum atomic E-state index is 8.78. The van der Waals surface area contributed by atoms with Gasteiger partial charge in [-0.05, 0) is 30.4 Å². The molecule has 21 heavy (non-hydrogen) atoms. The second kappa shape index (κ2) is 6.36. The van der Waals surface area contributed by atoms with Crippen molar-refractivity contribution >= 4 is 5.95 Å². The highest BCUT2D eigenvalue weighted by Crippen LogP contribution is 2.21. The normalized spacial score (nSPS) is 14.7. The Balaban J connectivity index is 1.80. The molecule has 1 aliphatic rings. The molecule has 1 saturated heterocycles. The van der Waals surface area contributed by atoms with Gasteiger partial charge in [-0.3, -0.25) is 0 Å². The van der Waals surface area contributed by atoms with Gasteiger partial charge in [0.2, 0.25) is 5.95 Å². The van der Waals surface area contributed by atoms with Crippen LogP contribution in [0.25, 0.3) is 11.1 Å². The Morgan fingerprint density at radius 3 is 2.52 bits per heavy atom. The molecule has 1 aliphatic heterocycles. The van der Waals surface area contributed by atoms with Gasteiger partial charge in [0.15, 0.2) is 0 Å². The highest BCUT2D eigenvalue weighted by atomic mass is 15.2. The summed E-state index contributed by atoms with van der Waals surface area (Å²) in [6.45, 7) is 2.11. The second-order valence-electron chi connectivity index (χ2n) is 5.35. The van der Waals surface area contributed by atoms with Crippen molar-refractivity contribution in [2.24, 2.45) is 0 Å². The molecular formula is C17H18N4. The minimum Gasteiger partial charge on any atom is -0.341 e. The molecule has 0 atom stereocenters. The van der Waals surface area contributed by atoms with Crippen LogP contribution in [0.4, 0.5) is 5.95 Å². The third-order valence-electron chi connectivity index (χ3n) is 3.82. The van der Waals surface area contributed by atoms with Crippen LogP contribution >= 0.6 is 0 Å². The minimum atomic E-state index is 0.431. The summed E-state index contributed by atoms with van der Waals surface area (Å²) in [5.74, 6) is 0.826. The highest BCUT2D eigenvalue weighted by molar-refractivity contribution is 5.63. The van der Waals surface area contributed by atoms with Crippen LogP contribution in [0.2, 0.25) is 0 Å². The minimum absolute atomic E-state index is 0.431. The standard InChI is InChI=1S/C17H18N4/c18-8-7-14-5-4-6-15(11-14)16-12-19-17(20-13-16)21-9-2-1-3-10-21/h4-6,11-13H,1-3,7,9-10H2. The van der Waals surface area contributed by atoms with Gasteiger partial charge in [-0.15, -0.1) is 0 Å². The Labute approximate surface area is 125 Å². The topological polar surface area (TPSA) is 52.8 Å². The molecule has 1 fully saturated rings. The SMILES string of the molecule is N#CCc1cccc(-c2cnc(N3CCCCC3)nc2)c1. The number of nitrogens with zero attached hydrogens (tertiary/aromatic N) is 4. The van der Waals surface area contributed by atoms with E-state index in [9.17, 15) is 0 Å². The molecule has 0 saturated carbocycles. The molecule has 1 aromatic carbocycles. The predicted octanol–water partition coefficient (Wildman–Crippen LogP) is 3.20. The smallest absolute Gasteiger partial charge is 0.225 e. The summed E-state index contributed by atoms with van der Waals surface area (Å²) in [6.07, 6.45) is 7.94. The van der Waals surface area contributed by atoms with Gasteiger partial charge in [0, 0.05) is 31.0 Å². The van der Waals surface area contributed by atoms with Crippen LogP contribution in [0.5, 0.6) is 0 Å². The number of nitriles is 1. The van der Waals surface area contributed by atoms with Crippen LogP contribution in [-0.4, -0.2) is 23.1 Å². The molecule has 0 unspecified atom stereocenters. The molecule has 4 nitrogen and oxygen atoms in total. The highest BCUT2D eigenvalue weighted by Gasteiger charge is 2.13. The quantitative estimate of drug-likeness (QED) is 0.865. The molecule has 3 rings (SSSR count). The van der Waals surface area contributed by atoms with Crippen LogP contribution in [0.1, 0.15) is 24.8 Å². The van der Waals surface area contributed by atoms with E-state index in [0.29, 0.717) is 6.42 Å². The Kier molecular flexibility index (Phi) is 4.11. The van der Waals surface area contributed by atoms with E-state index in [1.54, 1.807) is 0 Å². The Morgan fingerprint density at radius 1 is 1.05 bits per heavy atom. The van der Waals surface area contributed by atoms with Gasteiger partial charge in [-0.2, -0.15) is 5.26 Å². The number of aromatic nitrogens is 2. The summed E-state index contributed by atoms with van der Waals surface area (Å²) in [4.78, 5) is 11.3. The number of anilines is 1. The molecule has 2 aromatic rings. The van der Waals surface area contributed by atoms with Gasteiger partial charge >= 0.3 is 0 Å². The zero-order valence-electron chi connectivity index (χ0n) is 12.0. The van der Waals surface area contributed by atoms with E-state index in [1.807, 2.05) is 36.7 Å². The predicted molar refractivity (Wildman–Crippen MR) is 82.8 cm³/mol. The first-order chi connectivity index (χ1) is 10.4. The van der Waals surface area contributed by atoms with Crippen molar-refractivity contribution in [3.05, 3.63) is 42.2 Å². The molecule has 2 heterocycles. The van der Waals surface area contributed by atoms with E-state index >= 15 is 0 Å². The fraction of sp³-hybridized carbons (Fsp3) is 0.353. The van der Waals surface area contributed by atoms with Gasteiger partial charge in [-0.25, -0.2) is 9.97 Å². The molecule has 4 heteroatoms. The van der Waals surface area contributed by atoms with Crippen LogP contribution in [0.3, 0.4) is 0 Å². The van der Waals surface area contributed by atoms with E-state index in [1.165, 1.54) is 19.3 Å². The third kappa shape index (κ3) is 3.19. The molecule has 1 aromatic heterocycles. The van der Waals surface area contributed by atoms with E-state index in [4.69, 9.17) is 5.26 Å². The van der Waals surface area contributed by atoms with Crippen molar-refractivity contribution < 1.29 is 0 Å². The van der Waals surface area contributed by atoms with Gasteiger partial charge < -0.3 is 4.90 Å². The summed E-state index contributed by atoms with van der Waals surface area (Å²) >= 11 is 0. The summed E-state index contributed by atoms with van der Waals surface area (Å²) in [5.41, 5.74) is 3.08. The molecule has 0 bridgehead atoms. The lowest BCUT2D eigenvalue weighted by Gasteiger charge is -2.26. The molecule has 106 valence electrons. The van der Waals surface area contributed by atoms with Crippen LogP contribution in [0.15, 0.2) is 36.7 Å². The third-order valence-corrected chi connectivity index (χ3v) is 3.82. The Hall–Kier alpha value is -2.41. The number of benzene rings is 1. The van der Waals surface area contributed by atoms with Crippen molar-refractivity contribution in [1.29, 1.82) is 5.26 Å². The zero-order chi connectivity index (χ0) is 14.5. The van der Waals surface area contributed by atoms with E-state index < -0.39 is 0 Å². The number of hydrogen-bond acceptors (Lipinski definition) is 4. The van der Waals surface area contributed by atoms with Crippen LogP contribution in [-0.2, 0) is 6.42 Å². The lowest BCUT2D eigenvalue weighted by Crippen LogP contribution is -2.30. The van der Waals surface area contributed by atoms with Crippen molar-refractivity contribution in [2.75, 3.05) is 18.0 Å². The first-order valence-corrected chi connectivity index (χ1v) is 7.40. The number of piperidine rings is 1. The van der Waals surface area contributed by atoms with E-state index in [-0.39, 0.29) is 0 Å². The Bertz CT molecular complexity index is 637. The van der Waals surface area contributed by atoms with Crippen molar-refractivity contribution in [3.63, 3.8) is 0 Å². The molecule has 0 spiro atoms. The van der Waals surface area contributed by atoms with Gasteiger partial charge in [0.1, 0.15) is 0 Å². The van der Waals surface area contributed by atoms with Crippen molar-refractivity contribution in [1.82, 2.24) is 9.97 Å². The fourth-order valence-corrected chi connectivity index (χ4v) is 2.68. The zero-order valence-corrected chi connectivity index (χ0v) is 12.0. The average molecular weight is 278 g/mol. The first-order valence-electron chi connectivity index (χ1n) is 7.40. The summed E-state index contributed by atoms with van der Waals surface area (Å²) in [6, 6.07) is 10.2. The number of hydrogen-bond donors (Lipinski definition) is 0. The number of rotatable bonds is 3.